The van der Waals surface area contributed by atoms with Gasteiger partial charge in [-0.25, -0.2) is 0 Å². The molecule has 10 heteroatoms. The zero-order chi connectivity index (χ0) is 26.0. The fourth-order valence-electron chi connectivity index (χ4n) is 2.81. The number of amides is 3. The van der Waals surface area contributed by atoms with Crippen molar-refractivity contribution in [2.24, 2.45) is 0 Å². The van der Waals surface area contributed by atoms with Crippen LogP contribution in [0.2, 0.25) is 0 Å². The number of hydrogen-bond acceptors (Lipinski definition) is 7. The van der Waals surface area contributed by atoms with Gasteiger partial charge in [0.2, 0.25) is 5.91 Å². The number of carbonyl (C=O) groups is 3. The Morgan fingerprint density at radius 3 is 2.26 bits per heavy atom. The maximum absolute atomic E-state index is 12.8. The Morgan fingerprint density at radius 1 is 0.971 bits per heavy atom. The second kappa shape index (κ2) is 12.3. The first-order chi connectivity index (χ1) is 16.6. The molecule has 0 saturated carbocycles. The molecular formula is C25H25N3O7. The minimum atomic E-state index is -1.14. The van der Waals surface area contributed by atoms with Crippen LogP contribution in [-0.4, -0.2) is 44.2 Å². The van der Waals surface area contributed by atoms with Crippen LogP contribution in [0.1, 0.15) is 11.1 Å². The molecule has 0 radical (unpaired) electrons. The van der Waals surface area contributed by atoms with Crippen LogP contribution in [0.5, 0.6) is 17.2 Å². The molecule has 0 aliphatic rings. The number of rotatable bonds is 9. The van der Waals surface area contributed by atoms with E-state index in [4.69, 9.17) is 0 Å². The highest BCUT2D eigenvalue weighted by Crippen LogP contribution is 2.25. The van der Waals surface area contributed by atoms with Gasteiger partial charge in [-0.05, 0) is 47.5 Å². The lowest BCUT2D eigenvalue weighted by molar-refractivity contribution is -0.130. The van der Waals surface area contributed by atoms with Gasteiger partial charge < -0.3 is 25.7 Å². The van der Waals surface area contributed by atoms with Crippen LogP contribution in [0.4, 0.5) is 0 Å². The van der Waals surface area contributed by atoms with Gasteiger partial charge in [0.25, 0.3) is 11.8 Å². The van der Waals surface area contributed by atoms with E-state index in [9.17, 15) is 34.8 Å². The van der Waals surface area contributed by atoms with E-state index >= 15 is 0 Å². The normalized spacial score (nSPS) is 11.9. The van der Waals surface area contributed by atoms with Crippen molar-refractivity contribution in [3.63, 3.8) is 0 Å². The minimum absolute atomic E-state index is 0.0175. The number of allylic oxidation sites excluding steroid dienone is 2. The number of nitrogens with one attached hydrogen (secondary N) is 3. The van der Waals surface area contributed by atoms with Gasteiger partial charge in [-0.3, -0.25) is 25.2 Å². The summed E-state index contributed by atoms with van der Waals surface area (Å²) < 4.78 is 0. The van der Waals surface area contributed by atoms with Gasteiger partial charge in [0.05, 0.1) is 5.57 Å². The van der Waals surface area contributed by atoms with Crippen LogP contribution in [-0.2, 0) is 20.8 Å². The molecule has 0 saturated heterocycles. The van der Waals surface area contributed by atoms with Crippen LogP contribution < -0.4 is 16.2 Å². The summed E-state index contributed by atoms with van der Waals surface area (Å²) in [5, 5.41) is 40.4. The molecule has 7 N–H and O–H groups in total. The van der Waals surface area contributed by atoms with Crippen LogP contribution in [0.15, 0.2) is 85.2 Å². The molecule has 0 heterocycles. The third-order valence-electron chi connectivity index (χ3n) is 4.58. The lowest BCUT2D eigenvalue weighted by Gasteiger charge is -2.18. The summed E-state index contributed by atoms with van der Waals surface area (Å²) in [6.07, 6.45) is 4.97. The molecule has 0 aliphatic heterocycles. The molecular weight excluding hydrogens is 454 g/mol. The molecule has 0 fully saturated rings. The van der Waals surface area contributed by atoms with E-state index in [1.807, 2.05) is 0 Å². The van der Waals surface area contributed by atoms with Gasteiger partial charge in [-0.15, -0.1) is 0 Å². The summed E-state index contributed by atoms with van der Waals surface area (Å²) in [7, 11) is 0. The number of hydrazine groups is 1. The summed E-state index contributed by atoms with van der Waals surface area (Å²) in [4.78, 5) is 37.4. The number of carbonyl (C=O) groups excluding carboxylic acids is 3. The van der Waals surface area contributed by atoms with Crippen LogP contribution in [0, 0.1) is 0 Å². The van der Waals surface area contributed by atoms with E-state index in [2.05, 4.69) is 29.3 Å². The number of aromatic hydroxyl groups is 3. The Balaban J connectivity index is 2.14. The molecule has 182 valence electrons. The first kappa shape index (κ1) is 26.3. The minimum Gasteiger partial charge on any atom is -0.508 e. The summed E-state index contributed by atoms with van der Waals surface area (Å²) in [6.45, 7) is 6.70. The topological polar surface area (TPSA) is 168 Å². The molecule has 10 nitrogen and oxygen atoms in total. The van der Waals surface area contributed by atoms with Crippen molar-refractivity contribution in [1.82, 2.24) is 16.2 Å². The molecule has 0 aliphatic carbocycles. The van der Waals surface area contributed by atoms with E-state index in [0.717, 1.165) is 6.08 Å². The van der Waals surface area contributed by atoms with Crippen LogP contribution >= 0.6 is 0 Å². The summed E-state index contributed by atoms with van der Waals surface area (Å²) in [5.41, 5.74) is 5.13. The highest BCUT2D eigenvalue weighted by atomic mass is 16.3. The Labute approximate surface area is 201 Å². The van der Waals surface area contributed by atoms with Gasteiger partial charge in [-0.2, -0.15) is 0 Å². The van der Waals surface area contributed by atoms with E-state index in [0.29, 0.717) is 11.1 Å². The lowest BCUT2D eigenvalue weighted by atomic mass is 10.0. The number of phenols is 3. The number of phenolic OH excluding ortho intramolecular Hbond substituents is 3. The van der Waals surface area contributed by atoms with Gasteiger partial charge in [0.1, 0.15) is 17.6 Å². The average molecular weight is 479 g/mol. The zero-order valence-electron chi connectivity index (χ0n) is 18.6. The lowest BCUT2D eigenvalue weighted by Crippen LogP contribution is -2.53. The highest BCUT2D eigenvalue weighted by Gasteiger charge is 2.22. The predicted molar refractivity (Wildman–Crippen MR) is 129 cm³/mol. The molecule has 0 spiro atoms. The SMILES string of the molecule is C=C/C=C(\C(=C)O)C(=O)NNC(=O)[C@H](Cc1ccc(O)cc1)NC(=O)/C=C/c1ccc(O)c(O)c1. The third-order valence-corrected chi connectivity index (χ3v) is 4.58. The van der Waals surface area contributed by atoms with Crippen LogP contribution in [0.25, 0.3) is 6.08 Å². The second-order valence-electron chi connectivity index (χ2n) is 7.22. The molecule has 0 bridgehead atoms. The first-order valence-electron chi connectivity index (χ1n) is 10.2. The third kappa shape index (κ3) is 8.13. The van der Waals surface area contributed by atoms with Crippen molar-refractivity contribution in [1.29, 1.82) is 0 Å². The van der Waals surface area contributed by atoms with Gasteiger partial charge in [0.15, 0.2) is 11.5 Å². The number of benzene rings is 2. The molecule has 2 aromatic rings. The summed E-state index contributed by atoms with van der Waals surface area (Å²) in [5.74, 6) is -3.45. The largest absolute Gasteiger partial charge is 0.508 e. The molecule has 2 aromatic carbocycles. The fourth-order valence-corrected chi connectivity index (χ4v) is 2.81. The van der Waals surface area contributed by atoms with E-state index < -0.39 is 29.5 Å². The maximum atomic E-state index is 12.8. The van der Waals surface area contributed by atoms with Crippen molar-refractivity contribution in [2.45, 2.75) is 12.5 Å². The van der Waals surface area contributed by atoms with Gasteiger partial charge >= 0.3 is 0 Å². The van der Waals surface area contributed by atoms with Gasteiger partial charge in [-0.1, -0.05) is 37.4 Å². The predicted octanol–water partition coefficient (Wildman–Crippen LogP) is 1.88. The fraction of sp³-hybridized carbons (Fsp3) is 0.0800. The van der Waals surface area contributed by atoms with Crippen molar-refractivity contribution >= 4 is 23.8 Å². The van der Waals surface area contributed by atoms with Crippen LogP contribution in [0.3, 0.4) is 0 Å². The first-order valence-corrected chi connectivity index (χ1v) is 10.2. The van der Waals surface area contributed by atoms with E-state index in [1.54, 1.807) is 12.1 Å². The molecule has 0 unspecified atom stereocenters. The molecule has 35 heavy (non-hydrogen) atoms. The summed E-state index contributed by atoms with van der Waals surface area (Å²) >= 11 is 0. The second-order valence-corrected chi connectivity index (χ2v) is 7.22. The number of aliphatic hydroxyl groups excluding tert-OH is 1. The summed E-state index contributed by atoms with van der Waals surface area (Å²) in [6, 6.07) is 8.80. The van der Waals surface area contributed by atoms with E-state index in [1.165, 1.54) is 48.6 Å². The monoisotopic (exact) mass is 479 g/mol. The quantitative estimate of drug-likeness (QED) is 0.0947. The Hall–Kier alpha value is -4.99. The molecule has 3 amide bonds. The number of aliphatic hydroxyl groups is 1. The van der Waals surface area contributed by atoms with Gasteiger partial charge in [0, 0.05) is 12.5 Å². The van der Waals surface area contributed by atoms with Crippen molar-refractivity contribution < 1.29 is 34.8 Å². The Kier molecular flexibility index (Phi) is 9.23. The molecule has 0 aromatic heterocycles. The number of hydrogen-bond donors (Lipinski definition) is 7. The Morgan fingerprint density at radius 2 is 1.66 bits per heavy atom. The van der Waals surface area contributed by atoms with Crippen molar-refractivity contribution in [2.75, 3.05) is 0 Å². The average Bonchev–Trinajstić information content (AvgIpc) is 2.82. The smallest absolute Gasteiger partial charge is 0.273 e. The van der Waals surface area contributed by atoms with E-state index in [-0.39, 0.29) is 29.2 Å². The molecule has 2 rings (SSSR count). The van der Waals surface area contributed by atoms with Crippen molar-refractivity contribution in [3.05, 3.63) is 96.3 Å². The van der Waals surface area contributed by atoms with Crippen molar-refractivity contribution in [3.8, 4) is 17.2 Å². The maximum Gasteiger partial charge on any atom is 0.273 e. The zero-order valence-corrected chi connectivity index (χ0v) is 18.6. The highest BCUT2D eigenvalue weighted by molar-refractivity contribution is 5.99. The standard InChI is InChI=1S/C25H25N3O7/c1-3-4-19(15(2)29)24(34)27-28-25(35)20(13-16-5-9-18(30)10-6-16)26-23(33)12-8-17-7-11-21(31)22(32)14-17/h3-12,14,20,29-32H,1-2,13H2,(H,26,33)(H,27,34)(H,28,35)/b12-8+,19-4+/t20-/m0/s1. The Bertz CT molecular complexity index is 1180. The molecule has 1 atom stereocenters.